The molecule has 3 heteroatoms. The number of rotatable bonds is 1. The van der Waals surface area contributed by atoms with E-state index in [1.54, 1.807) is 0 Å². The number of nitrogens with zero attached hydrogens (tertiary/aromatic N) is 2. The summed E-state index contributed by atoms with van der Waals surface area (Å²) >= 11 is 0. The largest absolute Gasteiger partial charge is 0.309 e. The van der Waals surface area contributed by atoms with Gasteiger partial charge in [0.05, 0.1) is 0 Å². The van der Waals surface area contributed by atoms with Crippen molar-refractivity contribution in [3.05, 3.63) is 24.4 Å². The molecule has 0 aromatic rings. The summed E-state index contributed by atoms with van der Waals surface area (Å²) in [5, 5.41) is 4.19. The van der Waals surface area contributed by atoms with E-state index in [0.717, 1.165) is 12.3 Å². The van der Waals surface area contributed by atoms with E-state index in [0.29, 0.717) is 0 Å². The van der Waals surface area contributed by atoms with Gasteiger partial charge in [-0.3, -0.25) is 5.43 Å². The second kappa shape index (κ2) is 2.42. The van der Waals surface area contributed by atoms with Crippen molar-refractivity contribution in [2.45, 2.75) is 19.5 Å². The van der Waals surface area contributed by atoms with Gasteiger partial charge in [-0.15, -0.1) is 0 Å². The average molecular weight is 149 g/mol. The summed E-state index contributed by atoms with van der Waals surface area (Å²) in [6, 6.07) is 0. The van der Waals surface area contributed by atoms with Crippen LogP contribution >= 0.6 is 0 Å². The van der Waals surface area contributed by atoms with Gasteiger partial charge in [0.25, 0.3) is 0 Å². The van der Waals surface area contributed by atoms with Crippen molar-refractivity contribution in [3.8, 4) is 0 Å². The van der Waals surface area contributed by atoms with Crippen molar-refractivity contribution >= 4 is 5.84 Å². The Bertz CT molecular complexity index is 240. The first-order valence-corrected chi connectivity index (χ1v) is 3.87. The maximum atomic E-state index is 4.19. The molecule has 0 aliphatic carbocycles. The lowest BCUT2D eigenvalue weighted by atomic mass is 10.3. The van der Waals surface area contributed by atoms with Crippen LogP contribution < -0.4 is 5.43 Å². The molecule has 1 atom stereocenters. The summed E-state index contributed by atoms with van der Waals surface area (Å²) in [5.74, 6) is 1.11. The first kappa shape index (κ1) is 6.46. The number of hydrazone groups is 1. The van der Waals surface area contributed by atoms with Crippen LogP contribution in [-0.2, 0) is 0 Å². The van der Waals surface area contributed by atoms with Crippen LogP contribution in [0.5, 0.6) is 0 Å². The van der Waals surface area contributed by atoms with Gasteiger partial charge in [0, 0.05) is 12.6 Å². The van der Waals surface area contributed by atoms with Crippen LogP contribution in [0.25, 0.3) is 0 Å². The van der Waals surface area contributed by atoms with E-state index >= 15 is 0 Å². The molecule has 0 saturated heterocycles. The minimum absolute atomic E-state index is 0.259. The minimum Gasteiger partial charge on any atom is -0.309 e. The molecule has 2 heterocycles. The highest BCUT2D eigenvalue weighted by molar-refractivity contribution is 5.84. The van der Waals surface area contributed by atoms with Crippen molar-refractivity contribution in [1.82, 2.24) is 10.3 Å². The quantitative estimate of drug-likeness (QED) is 0.603. The third-order valence-corrected chi connectivity index (χ3v) is 1.89. The highest BCUT2D eigenvalue weighted by Crippen LogP contribution is 2.13. The Balaban J connectivity index is 2.20. The highest BCUT2D eigenvalue weighted by atomic mass is 15.5. The molecule has 58 valence electrons. The number of amidine groups is 1. The monoisotopic (exact) mass is 149 g/mol. The van der Waals surface area contributed by atoms with Gasteiger partial charge in [0.1, 0.15) is 12.0 Å². The molecule has 2 aliphatic rings. The normalized spacial score (nSPS) is 26.5. The van der Waals surface area contributed by atoms with E-state index in [4.69, 9.17) is 0 Å². The number of nitrogens with one attached hydrogen (secondary N) is 1. The van der Waals surface area contributed by atoms with E-state index in [1.807, 2.05) is 18.4 Å². The third-order valence-electron chi connectivity index (χ3n) is 1.89. The van der Waals surface area contributed by atoms with Crippen molar-refractivity contribution in [2.24, 2.45) is 5.10 Å². The standard InChI is InChI=1S/C8H11N3/c1-2-7-9-10-8-5-3-4-6-11(7)8/h3-6,8,10H,2H2,1H3. The summed E-state index contributed by atoms with van der Waals surface area (Å²) < 4.78 is 0. The molecule has 0 radical (unpaired) electrons. The molecule has 0 aromatic carbocycles. The third kappa shape index (κ3) is 0.926. The van der Waals surface area contributed by atoms with Crippen LogP contribution in [0.2, 0.25) is 0 Å². The van der Waals surface area contributed by atoms with Crippen LogP contribution in [0.15, 0.2) is 29.5 Å². The first-order chi connectivity index (χ1) is 5.42. The van der Waals surface area contributed by atoms with E-state index in [-0.39, 0.29) is 6.17 Å². The van der Waals surface area contributed by atoms with Crippen molar-refractivity contribution < 1.29 is 0 Å². The van der Waals surface area contributed by atoms with Gasteiger partial charge in [0.2, 0.25) is 0 Å². The fourth-order valence-electron chi connectivity index (χ4n) is 1.31. The Morgan fingerprint density at radius 2 is 2.55 bits per heavy atom. The molecule has 0 saturated carbocycles. The van der Waals surface area contributed by atoms with E-state index in [2.05, 4.69) is 28.4 Å². The van der Waals surface area contributed by atoms with Crippen LogP contribution in [0, 0.1) is 0 Å². The molecule has 2 aliphatic heterocycles. The second-order valence-corrected chi connectivity index (χ2v) is 2.59. The lowest BCUT2D eigenvalue weighted by Gasteiger charge is -2.22. The zero-order valence-electron chi connectivity index (χ0n) is 6.49. The Morgan fingerprint density at radius 1 is 1.64 bits per heavy atom. The number of hydrogen-bond donors (Lipinski definition) is 1. The fourth-order valence-corrected chi connectivity index (χ4v) is 1.31. The molecule has 1 N–H and O–H groups in total. The molecule has 11 heavy (non-hydrogen) atoms. The summed E-state index contributed by atoms with van der Waals surface area (Å²) in [6.45, 7) is 2.11. The summed E-state index contributed by atoms with van der Waals surface area (Å²) in [7, 11) is 0. The number of allylic oxidation sites excluding steroid dienone is 2. The maximum absolute atomic E-state index is 4.19. The molecular formula is C8H11N3. The molecule has 0 bridgehead atoms. The topological polar surface area (TPSA) is 27.6 Å². The summed E-state index contributed by atoms with van der Waals surface area (Å²) in [5.41, 5.74) is 3.04. The summed E-state index contributed by atoms with van der Waals surface area (Å²) in [6.07, 6.45) is 9.42. The molecule has 1 unspecified atom stereocenters. The predicted octanol–water partition coefficient (Wildman–Crippen LogP) is 1.02. The number of hydrogen-bond acceptors (Lipinski definition) is 3. The SMILES string of the molecule is CCC1=NNC2C=CC=CN12. The van der Waals surface area contributed by atoms with Crippen LogP contribution in [-0.4, -0.2) is 16.9 Å². The molecule has 3 nitrogen and oxygen atoms in total. The van der Waals surface area contributed by atoms with E-state index in [9.17, 15) is 0 Å². The van der Waals surface area contributed by atoms with Gasteiger partial charge < -0.3 is 4.90 Å². The zero-order valence-corrected chi connectivity index (χ0v) is 6.49. The molecular weight excluding hydrogens is 138 g/mol. The second-order valence-electron chi connectivity index (χ2n) is 2.59. The first-order valence-electron chi connectivity index (χ1n) is 3.87. The van der Waals surface area contributed by atoms with Gasteiger partial charge in [-0.05, 0) is 12.2 Å². The molecule has 0 fully saturated rings. The molecule has 0 amide bonds. The smallest absolute Gasteiger partial charge is 0.139 e. The highest BCUT2D eigenvalue weighted by Gasteiger charge is 2.22. The van der Waals surface area contributed by atoms with Crippen LogP contribution in [0.3, 0.4) is 0 Å². The van der Waals surface area contributed by atoms with Crippen molar-refractivity contribution in [3.63, 3.8) is 0 Å². The van der Waals surface area contributed by atoms with Gasteiger partial charge in [-0.1, -0.05) is 13.0 Å². The average Bonchev–Trinajstić information content (AvgIpc) is 2.47. The van der Waals surface area contributed by atoms with Crippen LogP contribution in [0.4, 0.5) is 0 Å². The van der Waals surface area contributed by atoms with E-state index in [1.165, 1.54) is 0 Å². The predicted molar refractivity (Wildman–Crippen MR) is 44.8 cm³/mol. The molecule has 0 aromatic heterocycles. The number of fused-ring (bicyclic) bond motifs is 1. The molecule has 0 spiro atoms. The minimum atomic E-state index is 0.259. The Hall–Kier alpha value is -1.25. The van der Waals surface area contributed by atoms with Crippen LogP contribution in [0.1, 0.15) is 13.3 Å². The Labute approximate surface area is 66.1 Å². The summed E-state index contributed by atoms with van der Waals surface area (Å²) in [4.78, 5) is 2.14. The van der Waals surface area contributed by atoms with Gasteiger partial charge >= 0.3 is 0 Å². The van der Waals surface area contributed by atoms with Gasteiger partial charge in [-0.25, -0.2) is 0 Å². The lowest BCUT2D eigenvalue weighted by molar-refractivity contribution is 0.441. The van der Waals surface area contributed by atoms with Gasteiger partial charge in [0.15, 0.2) is 0 Å². The fraction of sp³-hybridized carbons (Fsp3) is 0.375. The van der Waals surface area contributed by atoms with E-state index < -0.39 is 0 Å². The molecule has 2 rings (SSSR count). The lowest BCUT2D eigenvalue weighted by Crippen LogP contribution is -2.35. The van der Waals surface area contributed by atoms with Gasteiger partial charge in [-0.2, -0.15) is 5.10 Å². The van der Waals surface area contributed by atoms with Crippen molar-refractivity contribution in [1.29, 1.82) is 0 Å². The Morgan fingerprint density at radius 3 is 3.36 bits per heavy atom. The maximum Gasteiger partial charge on any atom is 0.139 e. The van der Waals surface area contributed by atoms with Crippen molar-refractivity contribution in [2.75, 3.05) is 0 Å². The zero-order chi connectivity index (χ0) is 7.68. The Kier molecular flexibility index (Phi) is 1.42.